The molecule has 1 aromatic heterocycles. The van der Waals surface area contributed by atoms with E-state index in [1.165, 1.54) is 6.07 Å². The molecular formula is C13H15N3O2S. The molecule has 0 unspecified atom stereocenters. The van der Waals surface area contributed by atoms with Crippen LogP contribution < -0.4 is 11.1 Å². The van der Waals surface area contributed by atoms with E-state index in [9.17, 15) is 8.42 Å². The predicted octanol–water partition coefficient (Wildman–Crippen LogP) is 1.68. The van der Waals surface area contributed by atoms with Crippen molar-refractivity contribution < 1.29 is 8.42 Å². The molecule has 0 aliphatic heterocycles. The molecule has 0 aliphatic carbocycles. The minimum Gasteiger partial charge on any atom is -0.396 e. The van der Waals surface area contributed by atoms with E-state index in [2.05, 4.69) is 10.3 Å². The number of pyridine rings is 1. The van der Waals surface area contributed by atoms with Gasteiger partial charge in [0.2, 0.25) is 0 Å². The highest BCUT2D eigenvalue weighted by Crippen LogP contribution is 2.26. The Kier molecular flexibility index (Phi) is 3.71. The summed E-state index contributed by atoms with van der Waals surface area (Å²) < 4.78 is 23.1. The number of aromatic nitrogens is 1. The molecule has 6 heteroatoms. The van der Waals surface area contributed by atoms with Crippen LogP contribution in [-0.2, 0) is 16.4 Å². The molecule has 0 bridgehead atoms. The van der Waals surface area contributed by atoms with E-state index in [-0.39, 0.29) is 10.6 Å². The highest BCUT2D eigenvalue weighted by atomic mass is 32.2. The van der Waals surface area contributed by atoms with Gasteiger partial charge in [0, 0.05) is 12.5 Å². The lowest BCUT2D eigenvalue weighted by molar-refractivity contribution is 0.602. The van der Waals surface area contributed by atoms with E-state index < -0.39 is 9.84 Å². The normalized spacial score (nSPS) is 11.2. The number of para-hydroxylation sites is 1. The topological polar surface area (TPSA) is 85.1 Å². The number of nitrogens with two attached hydrogens (primary N) is 1. The Labute approximate surface area is 112 Å². The summed E-state index contributed by atoms with van der Waals surface area (Å²) in [5.74, 6) is 0. The first-order valence-electron chi connectivity index (χ1n) is 5.71. The van der Waals surface area contributed by atoms with Gasteiger partial charge in [-0.1, -0.05) is 12.1 Å². The van der Waals surface area contributed by atoms with Crippen LogP contribution in [0.25, 0.3) is 0 Å². The third kappa shape index (κ3) is 3.23. The van der Waals surface area contributed by atoms with Gasteiger partial charge in [0.15, 0.2) is 9.84 Å². The smallest absolute Gasteiger partial charge is 0.177 e. The van der Waals surface area contributed by atoms with Crippen molar-refractivity contribution in [3.05, 3.63) is 48.3 Å². The van der Waals surface area contributed by atoms with Crippen LogP contribution in [0, 0.1) is 0 Å². The molecule has 0 amide bonds. The standard InChI is InChI=1S/C13H15N3O2S/c1-19(17,18)12-7-4-6-11(13(12)14)16-9-10-5-2-3-8-15-10/h2-8,16H,9,14H2,1H3. The average molecular weight is 277 g/mol. The van der Waals surface area contributed by atoms with Crippen molar-refractivity contribution in [2.24, 2.45) is 0 Å². The van der Waals surface area contributed by atoms with Crippen LogP contribution in [0.15, 0.2) is 47.5 Å². The van der Waals surface area contributed by atoms with Gasteiger partial charge >= 0.3 is 0 Å². The second kappa shape index (κ2) is 5.27. The van der Waals surface area contributed by atoms with Crippen molar-refractivity contribution in [1.29, 1.82) is 0 Å². The minimum atomic E-state index is -3.32. The quantitative estimate of drug-likeness (QED) is 0.830. The third-order valence-corrected chi connectivity index (χ3v) is 3.81. The summed E-state index contributed by atoms with van der Waals surface area (Å²) in [6, 6.07) is 10.5. The molecule has 5 nitrogen and oxygen atoms in total. The fourth-order valence-electron chi connectivity index (χ4n) is 1.71. The van der Waals surface area contributed by atoms with Crippen LogP contribution in [0.3, 0.4) is 0 Å². The number of benzene rings is 1. The Balaban J connectivity index is 2.23. The fraction of sp³-hybridized carbons (Fsp3) is 0.154. The molecule has 1 heterocycles. The number of anilines is 2. The number of hydrogen-bond acceptors (Lipinski definition) is 5. The van der Waals surface area contributed by atoms with E-state index in [0.717, 1.165) is 11.9 Å². The highest BCUT2D eigenvalue weighted by molar-refractivity contribution is 7.90. The second-order valence-corrected chi connectivity index (χ2v) is 6.15. The maximum atomic E-state index is 11.6. The van der Waals surface area contributed by atoms with Crippen molar-refractivity contribution in [3.63, 3.8) is 0 Å². The molecule has 2 rings (SSSR count). The maximum absolute atomic E-state index is 11.6. The van der Waals surface area contributed by atoms with Crippen LogP contribution in [0.4, 0.5) is 11.4 Å². The lowest BCUT2D eigenvalue weighted by atomic mass is 10.2. The Morgan fingerprint density at radius 1 is 1.21 bits per heavy atom. The Morgan fingerprint density at radius 3 is 2.63 bits per heavy atom. The first-order valence-corrected chi connectivity index (χ1v) is 7.60. The van der Waals surface area contributed by atoms with E-state index >= 15 is 0 Å². The summed E-state index contributed by atoms with van der Waals surface area (Å²) in [4.78, 5) is 4.31. The van der Waals surface area contributed by atoms with Gasteiger partial charge in [0.1, 0.15) is 0 Å². The summed E-state index contributed by atoms with van der Waals surface area (Å²) in [6.45, 7) is 0.484. The summed E-state index contributed by atoms with van der Waals surface area (Å²) in [5, 5.41) is 3.09. The Hall–Kier alpha value is -2.08. The number of nitrogens with zero attached hydrogens (tertiary/aromatic N) is 1. The van der Waals surface area contributed by atoms with Gasteiger partial charge in [-0.2, -0.15) is 0 Å². The zero-order valence-electron chi connectivity index (χ0n) is 10.5. The third-order valence-electron chi connectivity index (χ3n) is 2.65. The predicted molar refractivity (Wildman–Crippen MR) is 75.5 cm³/mol. The monoisotopic (exact) mass is 277 g/mol. The summed E-state index contributed by atoms with van der Waals surface area (Å²) in [6.07, 6.45) is 2.84. The van der Waals surface area contributed by atoms with Gasteiger partial charge < -0.3 is 11.1 Å². The lowest BCUT2D eigenvalue weighted by Crippen LogP contribution is -2.08. The molecule has 0 spiro atoms. The molecule has 0 aliphatic rings. The first-order chi connectivity index (χ1) is 8.98. The number of hydrogen-bond donors (Lipinski definition) is 2. The Morgan fingerprint density at radius 2 is 2.00 bits per heavy atom. The molecule has 3 N–H and O–H groups in total. The molecule has 0 saturated heterocycles. The zero-order chi connectivity index (χ0) is 13.9. The van der Waals surface area contributed by atoms with E-state index in [1.54, 1.807) is 18.3 Å². The Bertz CT molecular complexity index is 670. The van der Waals surface area contributed by atoms with Crippen LogP contribution >= 0.6 is 0 Å². The zero-order valence-corrected chi connectivity index (χ0v) is 11.3. The molecule has 100 valence electrons. The van der Waals surface area contributed by atoms with E-state index in [0.29, 0.717) is 12.2 Å². The summed E-state index contributed by atoms with van der Waals surface area (Å²) >= 11 is 0. The lowest BCUT2D eigenvalue weighted by Gasteiger charge is -2.11. The summed E-state index contributed by atoms with van der Waals surface area (Å²) in [7, 11) is -3.32. The van der Waals surface area contributed by atoms with Crippen molar-refractivity contribution in [2.45, 2.75) is 11.4 Å². The number of nitrogens with one attached hydrogen (secondary N) is 1. The molecule has 0 radical (unpaired) electrons. The van der Waals surface area contributed by atoms with Crippen molar-refractivity contribution in [1.82, 2.24) is 4.98 Å². The fourth-order valence-corrected chi connectivity index (χ4v) is 2.55. The second-order valence-electron chi connectivity index (χ2n) is 4.16. The number of nitrogen functional groups attached to an aromatic ring is 1. The van der Waals surface area contributed by atoms with Crippen LogP contribution in [0.2, 0.25) is 0 Å². The number of sulfone groups is 1. The minimum absolute atomic E-state index is 0.138. The van der Waals surface area contributed by atoms with Crippen LogP contribution in [0.1, 0.15) is 5.69 Å². The SMILES string of the molecule is CS(=O)(=O)c1cccc(NCc2ccccn2)c1N. The highest BCUT2D eigenvalue weighted by Gasteiger charge is 2.13. The van der Waals surface area contributed by atoms with Crippen molar-refractivity contribution >= 4 is 21.2 Å². The van der Waals surface area contributed by atoms with Gasteiger partial charge in [-0.05, 0) is 24.3 Å². The molecular weight excluding hydrogens is 262 g/mol. The molecule has 0 fully saturated rings. The van der Waals surface area contributed by atoms with Gasteiger partial charge in [-0.15, -0.1) is 0 Å². The van der Waals surface area contributed by atoms with Crippen molar-refractivity contribution in [3.8, 4) is 0 Å². The first kappa shape index (κ1) is 13.4. The average Bonchev–Trinajstić information content (AvgIpc) is 2.37. The molecule has 2 aromatic rings. The van der Waals surface area contributed by atoms with Gasteiger partial charge in [-0.3, -0.25) is 4.98 Å². The van der Waals surface area contributed by atoms with Crippen LogP contribution in [-0.4, -0.2) is 19.7 Å². The maximum Gasteiger partial charge on any atom is 0.177 e. The van der Waals surface area contributed by atoms with Crippen molar-refractivity contribution in [2.75, 3.05) is 17.3 Å². The van der Waals surface area contributed by atoms with E-state index in [1.807, 2.05) is 18.2 Å². The molecule has 19 heavy (non-hydrogen) atoms. The van der Waals surface area contributed by atoms with Gasteiger partial charge in [-0.25, -0.2) is 8.42 Å². The van der Waals surface area contributed by atoms with Crippen LogP contribution in [0.5, 0.6) is 0 Å². The summed E-state index contributed by atoms with van der Waals surface area (Å²) in [5.41, 5.74) is 7.55. The van der Waals surface area contributed by atoms with E-state index in [4.69, 9.17) is 5.73 Å². The van der Waals surface area contributed by atoms with Gasteiger partial charge in [0.05, 0.1) is 28.5 Å². The molecule has 1 aromatic carbocycles. The van der Waals surface area contributed by atoms with Gasteiger partial charge in [0.25, 0.3) is 0 Å². The molecule has 0 saturated carbocycles. The largest absolute Gasteiger partial charge is 0.396 e. The molecule has 0 atom stereocenters. The number of rotatable bonds is 4.